The van der Waals surface area contributed by atoms with Crippen LogP contribution >= 0.6 is 12.2 Å². The number of hydrogen-bond acceptors (Lipinski definition) is 3. The Balaban J connectivity index is 2.16. The summed E-state index contributed by atoms with van der Waals surface area (Å²) >= 11 is 5.02. The van der Waals surface area contributed by atoms with E-state index >= 15 is 0 Å². The van der Waals surface area contributed by atoms with Gasteiger partial charge in [-0.2, -0.15) is 0 Å². The molecule has 1 aromatic rings. The number of nitrogens with two attached hydrogens (primary N) is 1. The highest BCUT2D eigenvalue weighted by Crippen LogP contribution is 2.39. The van der Waals surface area contributed by atoms with Gasteiger partial charge in [-0.05, 0) is 11.6 Å². The third-order valence-corrected chi connectivity index (χ3v) is 3.01. The largest absolute Gasteiger partial charge is 0.461 e. The van der Waals surface area contributed by atoms with Crippen LogP contribution in [0, 0.1) is 0 Å². The molecule has 0 unspecified atom stereocenters. The van der Waals surface area contributed by atoms with Crippen LogP contribution in [-0.2, 0) is 6.42 Å². The monoisotopic (exact) mass is 230 g/mol. The molecule has 80 valence electrons. The summed E-state index contributed by atoms with van der Waals surface area (Å²) in [5.74, 6) is 0.873. The van der Waals surface area contributed by atoms with Crippen molar-refractivity contribution in [1.29, 1.82) is 0 Å². The number of rotatable bonds is 1. The van der Waals surface area contributed by atoms with Gasteiger partial charge in [0.1, 0.15) is 11.3 Å². The molecule has 0 saturated heterocycles. The van der Waals surface area contributed by atoms with Crippen molar-refractivity contribution in [2.75, 3.05) is 4.90 Å². The highest BCUT2D eigenvalue weighted by Gasteiger charge is 2.23. The molecule has 4 heteroatoms. The minimum absolute atomic E-state index is 0.455. The molecule has 0 radical (unpaired) electrons. The molecule has 2 aliphatic rings. The predicted octanol–water partition coefficient (Wildman–Crippen LogP) is 2.08. The third-order valence-electron chi connectivity index (χ3n) is 2.75. The van der Waals surface area contributed by atoms with Crippen LogP contribution < -0.4 is 15.4 Å². The summed E-state index contributed by atoms with van der Waals surface area (Å²) in [7, 11) is 0. The molecule has 3 rings (SSSR count). The molecule has 0 aliphatic carbocycles. The van der Waals surface area contributed by atoms with Crippen LogP contribution in [0.15, 0.2) is 42.4 Å². The number of ether oxygens (including phenoxy) is 1. The van der Waals surface area contributed by atoms with Crippen molar-refractivity contribution in [2.24, 2.45) is 5.73 Å². The van der Waals surface area contributed by atoms with Gasteiger partial charge in [0.15, 0.2) is 5.75 Å². The summed E-state index contributed by atoms with van der Waals surface area (Å²) in [5.41, 5.74) is 8.93. The topological polar surface area (TPSA) is 38.5 Å². The summed E-state index contributed by atoms with van der Waals surface area (Å²) in [5, 5.41) is 0. The normalized spacial score (nSPS) is 16.2. The lowest BCUT2D eigenvalue weighted by atomic mass is 9.99. The molecule has 16 heavy (non-hydrogen) atoms. The molecule has 0 amide bonds. The second kappa shape index (κ2) is 3.35. The predicted molar refractivity (Wildman–Crippen MR) is 67.3 cm³/mol. The van der Waals surface area contributed by atoms with Gasteiger partial charge < -0.3 is 15.4 Å². The van der Waals surface area contributed by atoms with Crippen molar-refractivity contribution in [3.63, 3.8) is 0 Å². The number of para-hydroxylation sites is 1. The minimum atomic E-state index is 0.455. The molecule has 0 saturated carbocycles. The van der Waals surface area contributed by atoms with Crippen LogP contribution in [0.5, 0.6) is 5.75 Å². The van der Waals surface area contributed by atoms with E-state index in [1.54, 1.807) is 6.26 Å². The summed E-state index contributed by atoms with van der Waals surface area (Å²) < 4.78 is 5.45. The van der Waals surface area contributed by atoms with E-state index in [1.165, 1.54) is 5.56 Å². The number of thiocarbonyl (C=S) groups is 1. The standard InChI is InChI=1S/C12H10N2OS/c13-12(16)9-6-8-2-1-3-10-11(8)14(7-9)4-5-15-10/h1-5,7H,6H2,(H2,13,16). The Morgan fingerprint density at radius 1 is 1.44 bits per heavy atom. The molecule has 0 spiro atoms. The van der Waals surface area contributed by atoms with Gasteiger partial charge in [0, 0.05) is 24.4 Å². The molecular weight excluding hydrogens is 220 g/mol. The quantitative estimate of drug-likeness (QED) is 0.750. The SMILES string of the molecule is NC(=S)C1=CN2C=COc3cccc(c32)C1. The fraction of sp³-hybridized carbons (Fsp3) is 0.0833. The first kappa shape index (κ1) is 9.42. The van der Waals surface area contributed by atoms with Crippen LogP contribution in [-0.4, -0.2) is 4.99 Å². The van der Waals surface area contributed by atoms with Crippen molar-refractivity contribution in [3.8, 4) is 5.75 Å². The number of hydrogen-bond donors (Lipinski definition) is 1. The first-order valence-corrected chi connectivity index (χ1v) is 5.40. The zero-order valence-electron chi connectivity index (χ0n) is 8.51. The fourth-order valence-corrected chi connectivity index (χ4v) is 2.14. The van der Waals surface area contributed by atoms with Crippen molar-refractivity contribution < 1.29 is 4.74 Å². The molecule has 0 fully saturated rings. The zero-order chi connectivity index (χ0) is 11.1. The van der Waals surface area contributed by atoms with E-state index < -0.39 is 0 Å². The molecule has 0 atom stereocenters. The molecule has 3 nitrogen and oxygen atoms in total. The highest BCUT2D eigenvalue weighted by molar-refractivity contribution is 7.80. The van der Waals surface area contributed by atoms with Crippen LogP contribution in [0.1, 0.15) is 5.56 Å². The average molecular weight is 230 g/mol. The lowest BCUT2D eigenvalue weighted by Gasteiger charge is -2.30. The molecule has 0 bridgehead atoms. The van der Waals surface area contributed by atoms with Gasteiger partial charge in [-0.25, -0.2) is 0 Å². The van der Waals surface area contributed by atoms with Gasteiger partial charge >= 0.3 is 0 Å². The Morgan fingerprint density at radius 2 is 2.31 bits per heavy atom. The van der Waals surface area contributed by atoms with Gasteiger partial charge in [-0.15, -0.1) is 0 Å². The van der Waals surface area contributed by atoms with E-state index in [-0.39, 0.29) is 0 Å². The minimum Gasteiger partial charge on any atom is -0.461 e. The van der Waals surface area contributed by atoms with Crippen molar-refractivity contribution >= 4 is 22.9 Å². The van der Waals surface area contributed by atoms with Crippen molar-refractivity contribution in [3.05, 3.63) is 48.0 Å². The zero-order valence-corrected chi connectivity index (χ0v) is 9.33. The van der Waals surface area contributed by atoms with E-state index in [2.05, 4.69) is 6.07 Å². The Hall–Kier alpha value is -1.81. The van der Waals surface area contributed by atoms with E-state index in [9.17, 15) is 0 Å². The smallest absolute Gasteiger partial charge is 0.150 e. The number of anilines is 1. The maximum absolute atomic E-state index is 5.68. The fourth-order valence-electron chi connectivity index (χ4n) is 2.02. The van der Waals surface area contributed by atoms with Crippen LogP contribution in [0.25, 0.3) is 0 Å². The second-order valence-corrected chi connectivity index (χ2v) is 4.21. The van der Waals surface area contributed by atoms with Gasteiger partial charge in [0.25, 0.3) is 0 Å². The van der Waals surface area contributed by atoms with Gasteiger partial charge in [0.05, 0.1) is 5.69 Å². The number of benzene rings is 1. The maximum atomic E-state index is 5.68. The first-order chi connectivity index (χ1) is 7.75. The van der Waals surface area contributed by atoms with Crippen LogP contribution in [0.4, 0.5) is 5.69 Å². The maximum Gasteiger partial charge on any atom is 0.150 e. The molecule has 1 aromatic carbocycles. The summed E-state index contributed by atoms with van der Waals surface area (Å²) in [6.45, 7) is 0. The average Bonchev–Trinajstić information content (AvgIpc) is 2.29. The van der Waals surface area contributed by atoms with Crippen molar-refractivity contribution in [2.45, 2.75) is 6.42 Å². The summed E-state index contributed by atoms with van der Waals surface area (Å²) in [6, 6.07) is 6.00. The molecule has 2 aliphatic heterocycles. The van der Waals surface area contributed by atoms with Gasteiger partial charge in [0.2, 0.25) is 0 Å². The van der Waals surface area contributed by atoms with E-state index in [0.29, 0.717) is 4.99 Å². The third kappa shape index (κ3) is 1.31. The lowest BCUT2D eigenvalue weighted by Crippen LogP contribution is -2.24. The second-order valence-electron chi connectivity index (χ2n) is 3.77. The van der Waals surface area contributed by atoms with Gasteiger partial charge in [-0.3, -0.25) is 0 Å². The molecule has 2 heterocycles. The Morgan fingerprint density at radius 3 is 3.12 bits per heavy atom. The molecule has 2 N–H and O–H groups in total. The van der Waals surface area contributed by atoms with Crippen molar-refractivity contribution in [1.82, 2.24) is 0 Å². The van der Waals surface area contributed by atoms with Crippen LogP contribution in [0.2, 0.25) is 0 Å². The Labute approximate surface area is 98.8 Å². The highest BCUT2D eigenvalue weighted by atomic mass is 32.1. The molecule has 0 aromatic heterocycles. The lowest BCUT2D eigenvalue weighted by molar-refractivity contribution is 0.471. The first-order valence-electron chi connectivity index (χ1n) is 5.00. The van der Waals surface area contributed by atoms with E-state index in [4.69, 9.17) is 22.7 Å². The van der Waals surface area contributed by atoms with E-state index in [1.807, 2.05) is 29.4 Å². The number of nitrogens with zero attached hydrogens (tertiary/aromatic N) is 1. The summed E-state index contributed by atoms with van der Waals surface area (Å²) in [6.07, 6.45) is 6.26. The Kier molecular flexibility index (Phi) is 1.97. The van der Waals surface area contributed by atoms with Gasteiger partial charge in [-0.1, -0.05) is 24.4 Å². The summed E-state index contributed by atoms with van der Waals surface area (Å²) in [4.78, 5) is 2.46. The van der Waals surface area contributed by atoms with E-state index in [0.717, 1.165) is 23.4 Å². The Bertz CT molecular complexity index is 534. The molecular formula is C12H10N2OS. The van der Waals surface area contributed by atoms with Crippen LogP contribution in [0.3, 0.4) is 0 Å².